The summed E-state index contributed by atoms with van der Waals surface area (Å²) in [7, 11) is 0. The molecule has 2 N–H and O–H groups in total. The van der Waals surface area contributed by atoms with Crippen LogP contribution in [-0.2, 0) is 0 Å². The number of aryl methyl sites for hydroxylation is 1. The van der Waals surface area contributed by atoms with Crippen LogP contribution in [0.25, 0.3) is 10.9 Å². The maximum absolute atomic E-state index is 6.26. The number of benzene rings is 1. The monoisotopic (exact) mass is 269 g/mol. The molecule has 0 radical (unpaired) electrons. The molecule has 3 rings (SSSR count). The molecule has 2 heterocycles. The number of anilines is 1. The van der Waals surface area contributed by atoms with E-state index in [1.165, 1.54) is 11.1 Å². The maximum Gasteiger partial charge on any atom is 0.0726 e. The van der Waals surface area contributed by atoms with Crippen molar-refractivity contribution in [2.75, 3.05) is 18.0 Å². The Morgan fingerprint density at radius 2 is 2.05 bits per heavy atom. The van der Waals surface area contributed by atoms with E-state index >= 15 is 0 Å². The van der Waals surface area contributed by atoms with Gasteiger partial charge >= 0.3 is 0 Å². The number of nitrogens with zero attached hydrogens (tertiary/aromatic N) is 2. The molecule has 20 heavy (non-hydrogen) atoms. The average molecular weight is 269 g/mol. The fraction of sp³-hybridized carbons (Fsp3) is 0.471. The highest BCUT2D eigenvalue weighted by molar-refractivity contribution is 5.92. The first kappa shape index (κ1) is 13.4. The van der Waals surface area contributed by atoms with Gasteiger partial charge < -0.3 is 10.6 Å². The van der Waals surface area contributed by atoms with Crippen molar-refractivity contribution >= 4 is 16.6 Å². The molecule has 106 valence electrons. The molecule has 2 aromatic rings. The number of nitrogens with two attached hydrogens (primary N) is 1. The molecule has 3 nitrogen and oxygen atoms in total. The molecule has 1 fully saturated rings. The number of fused-ring (bicyclic) bond motifs is 1. The van der Waals surface area contributed by atoms with E-state index in [0.29, 0.717) is 0 Å². The lowest BCUT2D eigenvalue weighted by atomic mass is 9.79. The third kappa shape index (κ3) is 2.27. The Kier molecular flexibility index (Phi) is 3.17. The van der Waals surface area contributed by atoms with E-state index in [-0.39, 0.29) is 11.5 Å². The maximum atomic E-state index is 6.26. The standard InChI is InChI=1S/C17H23N3/c1-12-10-15(13-6-4-5-7-14(13)19-12)20-9-8-16(18)17(2,3)11-20/h4-7,10,16H,8-9,11,18H2,1-3H3. The lowest BCUT2D eigenvalue weighted by molar-refractivity contribution is 0.245. The van der Waals surface area contributed by atoms with Crippen molar-refractivity contribution in [3.8, 4) is 0 Å². The molecule has 0 saturated carbocycles. The molecule has 0 bridgehead atoms. The van der Waals surface area contributed by atoms with Gasteiger partial charge in [-0.1, -0.05) is 32.0 Å². The summed E-state index contributed by atoms with van der Waals surface area (Å²) in [5.41, 5.74) is 9.86. The predicted molar refractivity (Wildman–Crippen MR) is 85.1 cm³/mol. The Morgan fingerprint density at radius 1 is 1.30 bits per heavy atom. The van der Waals surface area contributed by atoms with Gasteiger partial charge in [0.25, 0.3) is 0 Å². The molecule has 1 aromatic heterocycles. The van der Waals surface area contributed by atoms with Gasteiger partial charge in [0.05, 0.1) is 5.52 Å². The summed E-state index contributed by atoms with van der Waals surface area (Å²) in [6.45, 7) is 8.62. The predicted octanol–water partition coefficient (Wildman–Crippen LogP) is 3.11. The zero-order valence-electron chi connectivity index (χ0n) is 12.6. The molecule has 1 unspecified atom stereocenters. The summed E-state index contributed by atoms with van der Waals surface area (Å²) in [5.74, 6) is 0. The number of para-hydroxylation sites is 1. The quantitative estimate of drug-likeness (QED) is 0.865. The lowest BCUT2D eigenvalue weighted by Gasteiger charge is -2.44. The summed E-state index contributed by atoms with van der Waals surface area (Å²) in [6, 6.07) is 10.9. The van der Waals surface area contributed by atoms with Crippen molar-refractivity contribution in [2.45, 2.75) is 33.2 Å². The van der Waals surface area contributed by atoms with E-state index in [1.54, 1.807) is 0 Å². The van der Waals surface area contributed by atoms with E-state index < -0.39 is 0 Å². The molecule has 3 heteroatoms. The second-order valence-corrected chi connectivity index (χ2v) is 6.61. The summed E-state index contributed by atoms with van der Waals surface area (Å²) in [4.78, 5) is 7.10. The Labute approximate surface area is 120 Å². The molecule has 0 spiro atoms. The van der Waals surface area contributed by atoms with Crippen LogP contribution in [0.4, 0.5) is 5.69 Å². The first-order chi connectivity index (χ1) is 9.47. The summed E-state index contributed by atoms with van der Waals surface area (Å²) < 4.78 is 0. The molecular weight excluding hydrogens is 246 g/mol. The number of hydrogen-bond acceptors (Lipinski definition) is 3. The van der Waals surface area contributed by atoms with Gasteiger partial charge in [-0.2, -0.15) is 0 Å². The number of piperidine rings is 1. The van der Waals surface area contributed by atoms with Crippen LogP contribution in [0.1, 0.15) is 26.0 Å². The van der Waals surface area contributed by atoms with E-state index in [1.807, 2.05) is 0 Å². The largest absolute Gasteiger partial charge is 0.370 e. The smallest absolute Gasteiger partial charge is 0.0726 e. The van der Waals surface area contributed by atoms with Gasteiger partial charge in [-0.3, -0.25) is 4.98 Å². The van der Waals surface area contributed by atoms with Crippen molar-refractivity contribution in [1.82, 2.24) is 4.98 Å². The number of pyridine rings is 1. The van der Waals surface area contributed by atoms with Crippen LogP contribution in [-0.4, -0.2) is 24.1 Å². The number of hydrogen-bond donors (Lipinski definition) is 1. The minimum absolute atomic E-state index is 0.149. The summed E-state index contributed by atoms with van der Waals surface area (Å²) >= 11 is 0. The minimum atomic E-state index is 0.149. The van der Waals surface area contributed by atoms with Gasteiger partial charge in [-0.25, -0.2) is 0 Å². The third-order valence-electron chi connectivity index (χ3n) is 4.48. The number of aromatic nitrogens is 1. The molecule has 1 aliphatic heterocycles. The average Bonchev–Trinajstić information content (AvgIpc) is 2.41. The molecule has 0 amide bonds. The van der Waals surface area contributed by atoms with Crippen LogP contribution in [0.3, 0.4) is 0 Å². The van der Waals surface area contributed by atoms with E-state index in [9.17, 15) is 0 Å². The summed E-state index contributed by atoms with van der Waals surface area (Å²) in [5, 5.41) is 1.24. The van der Waals surface area contributed by atoms with Crippen LogP contribution in [0, 0.1) is 12.3 Å². The zero-order valence-corrected chi connectivity index (χ0v) is 12.6. The van der Waals surface area contributed by atoms with Gasteiger partial charge in [0.2, 0.25) is 0 Å². The fourth-order valence-electron chi connectivity index (χ4n) is 3.13. The van der Waals surface area contributed by atoms with Gasteiger partial charge in [-0.15, -0.1) is 0 Å². The van der Waals surface area contributed by atoms with Crippen molar-refractivity contribution in [2.24, 2.45) is 11.1 Å². The highest BCUT2D eigenvalue weighted by Gasteiger charge is 2.34. The normalized spacial score (nSPS) is 22.2. The highest BCUT2D eigenvalue weighted by atomic mass is 15.2. The van der Waals surface area contributed by atoms with Crippen molar-refractivity contribution < 1.29 is 0 Å². The van der Waals surface area contributed by atoms with E-state index in [0.717, 1.165) is 30.7 Å². The molecule has 1 aromatic carbocycles. The Morgan fingerprint density at radius 3 is 2.80 bits per heavy atom. The van der Waals surface area contributed by atoms with Gasteiger partial charge in [-0.05, 0) is 30.9 Å². The SMILES string of the molecule is Cc1cc(N2CCC(N)C(C)(C)C2)c2ccccc2n1. The lowest BCUT2D eigenvalue weighted by Crippen LogP contribution is -2.52. The second-order valence-electron chi connectivity index (χ2n) is 6.61. The Bertz CT molecular complexity index is 633. The van der Waals surface area contributed by atoms with Gasteiger partial charge in [0.15, 0.2) is 0 Å². The van der Waals surface area contributed by atoms with Crippen LogP contribution in [0.2, 0.25) is 0 Å². The van der Waals surface area contributed by atoms with Crippen molar-refractivity contribution in [3.05, 3.63) is 36.0 Å². The molecule has 1 saturated heterocycles. The Hall–Kier alpha value is -1.61. The zero-order chi connectivity index (χ0) is 14.3. The van der Waals surface area contributed by atoms with Crippen molar-refractivity contribution in [3.63, 3.8) is 0 Å². The van der Waals surface area contributed by atoms with Crippen molar-refractivity contribution in [1.29, 1.82) is 0 Å². The Balaban J connectivity index is 2.06. The van der Waals surface area contributed by atoms with Crippen LogP contribution >= 0.6 is 0 Å². The fourth-order valence-corrected chi connectivity index (χ4v) is 3.13. The first-order valence-electron chi connectivity index (χ1n) is 7.34. The molecule has 1 atom stereocenters. The van der Waals surface area contributed by atoms with Crippen LogP contribution in [0.5, 0.6) is 0 Å². The topological polar surface area (TPSA) is 42.1 Å². The van der Waals surface area contributed by atoms with Gasteiger partial charge in [0.1, 0.15) is 0 Å². The van der Waals surface area contributed by atoms with E-state index in [4.69, 9.17) is 5.73 Å². The summed E-state index contributed by atoms with van der Waals surface area (Å²) in [6.07, 6.45) is 1.04. The molecule has 1 aliphatic rings. The first-order valence-corrected chi connectivity index (χ1v) is 7.34. The minimum Gasteiger partial charge on any atom is -0.370 e. The van der Waals surface area contributed by atoms with Crippen LogP contribution in [0.15, 0.2) is 30.3 Å². The highest BCUT2D eigenvalue weighted by Crippen LogP contribution is 2.34. The van der Waals surface area contributed by atoms with Crippen LogP contribution < -0.4 is 10.6 Å². The second kappa shape index (κ2) is 4.74. The molecule has 0 aliphatic carbocycles. The van der Waals surface area contributed by atoms with E-state index in [2.05, 4.69) is 61.0 Å². The third-order valence-corrected chi connectivity index (χ3v) is 4.48. The molecular formula is C17H23N3. The van der Waals surface area contributed by atoms with Gasteiger partial charge in [0, 0.05) is 35.9 Å². The number of rotatable bonds is 1.